The van der Waals surface area contributed by atoms with Crippen LogP contribution >= 0.6 is 11.3 Å². The van der Waals surface area contributed by atoms with Crippen molar-refractivity contribution in [3.05, 3.63) is 17.0 Å². The van der Waals surface area contributed by atoms with Crippen LogP contribution in [0.5, 0.6) is 0 Å². The van der Waals surface area contributed by atoms with E-state index in [-0.39, 0.29) is 12.5 Å². The minimum absolute atomic E-state index is 0.0567. The summed E-state index contributed by atoms with van der Waals surface area (Å²) >= 11 is 1.22. The molecule has 0 spiro atoms. The maximum absolute atomic E-state index is 12.1. The van der Waals surface area contributed by atoms with Gasteiger partial charge in [-0.15, -0.1) is 11.3 Å². The molecule has 0 bridgehead atoms. The van der Waals surface area contributed by atoms with E-state index in [9.17, 15) is 14.4 Å². The molecule has 2 amide bonds. The van der Waals surface area contributed by atoms with Crippen molar-refractivity contribution in [2.45, 2.75) is 38.7 Å². The summed E-state index contributed by atoms with van der Waals surface area (Å²) in [4.78, 5) is 37.4. The standard InChI is InChI=1S/C16H19N3O4S/c1-11(15(22)18-16-12(9-17)6-8-24-16)23-14(21)10-19-7-4-2-3-5-13(19)20/h6,8,11H,2-5,7,10H2,1H3,(H,18,22)/t11-/m0/s1. The first kappa shape index (κ1) is 17.9. The number of nitriles is 1. The fraction of sp³-hybridized carbons (Fsp3) is 0.500. The van der Waals surface area contributed by atoms with Gasteiger partial charge in [-0.1, -0.05) is 6.42 Å². The molecule has 1 aliphatic rings. The third-order valence-corrected chi connectivity index (χ3v) is 4.52. The smallest absolute Gasteiger partial charge is 0.326 e. The second-order valence-electron chi connectivity index (χ2n) is 5.52. The number of nitrogens with one attached hydrogen (secondary N) is 1. The van der Waals surface area contributed by atoms with Crippen LogP contribution in [0.25, 0.3) is 0 Å². The van der Waals surface area contributed by atoms with Crippen LogP contribution in [0.15, 0.2) is 11.4 Å². The maximum atomic E-state index is 12.1. The molecule has 0 aromatic carbocycles. The molecule has 2 rings (SSSR count). The lowest BCUT2D eigenvalue weighted by atomic mass is 10.2. The molecule has 8 heteroatoms. The second kappa shape index (κ2) is 8.45. The molecular weight excluding hydrogens is 330 g/mol. The third kappa shape index (κ3) is 4.80. The Labute approximate surface area is 144 Å². The Bertz CT molecular complexity index is 665. The Hall–Kier alpha value is -2.40. The Balaban J connectivity index is 1.85. The van der Waals surface area contributed by atoms with Crippen LogP contribution in [-0.2, 0) is 19.1 Å². The van der Waals surface area contributed by atoms with Gasteiger partial charge in [0, 0.05) is 13.0 Å². The summed E-state index contributed by atoms with van der Waals surface area (Å²) < 4.78 is 5.10. The van der Waals surface area contributed by atoms with E-state index in [1.54, 1.807) is 11.4 Å². The van der Waals surface area contributed by atoms with Crippen LogP contribution in [0.1, 0.15) is 38.2 Å². The highest BCUT2D eigenvalue weighted by molar-refractivity contribution is 7.14. The van der Waals surface area contributed by atoms with E-state index in [1.807, 2.05) is 6.07 Å². The van der Waals surface area contributed by atoms with Crippen molar-refractivity contribution in [1.82, 2.24) is 4.90 Å². The van der Waals surface area contributed by atoms with Gasteiger partial charge in [-0.25, -0.2) is 0 Å². The zero-order valence-corrected chi connectivity index (χ0v) is 14.2. The summed E-state index contributed by atoms with van der Waals surface area (Å²) in [5.74, 6) is -1.18. The number of ether oxygens (including phenoxy) is 1. The number of anilines is 1. The van der Waals surface area contributed by atoms with Crippen molar-refractivity contribution in [2.24, 2.45) is 0 Å². The number of hydrogen-bond acceptors (Lipinski definition) is 6. The number of carbonyl (C=O) groups is 3. The number of carbonyl (C=O) groups excluding carboxylic acids is 3. The predicted octanol–water partition coefficient (Wildman–Crippen LogP) is 1.89. The summed E-state index contributed by atoms with van der Waals surface area (Å²) in [6.45, 7) is 1.85. The molecule has 1 fully saturated rings. The molecule has 1 aromatic rings. The first-order chi connectivity index (χ1) is 11.5. The Morgan fingerprint density at radius 1 is 1.46 bits per heavy atom. The molecule has 1 aromatic heterocycles. The maximum Gasteiger partial charge on any atom is 0.326 e. The minimum Gasteiger partial charge on any atom is -0.451 e. The van der Waals surface area contributed by atoms with E-state index in [0.717, 1.165) is 19.3 Å². The van der Waals surface area contributed by atoms with Crippen molar-refractivity contribution in [1.29, 1.82) is 5.26 Å². The van der Waals surface area contributed by atoms with Crippen LogP contribution < -0.4 is 5.32 Å². The van der Waals surface area contributed by atoms with E-state index >= 15 is 0 Å². The van der Waals surface area contributed by atoms with Gasteiger partial charge in [-0.05, 0) is 31.2 Å². The zero-order valence-electron chi connectivity index (χ0n) is 13.4. The quantitative estimate of drug-likeness (QED) is 0.818. The van der Waals surface area contributed by atoms with Crippen molar-refractivity contribution in [3.63, 3.8) is 0 Å². The molecule has 24 heavy (non-hydrogen) atoms. The van der Waals surface area contributed by atoms with Gasteiger partial charge in [0.15, 0.2) is 6.10 Å². The van der Waals surface area contributed by atoms with Crippen LogP contribution in [0, 0.1) is 11.3 Å². The monoisotopic (exact) mass is 349 g/mol. The second-order valence-corrected chi connectivity index (χ2v) is 6.44. The van der Waals surface area contributed by atoms with Crippen LogP contribution in [0.3, 0.4) is 0 Å². The molecule has 0 aliphatic carbocycles. The van der Waals surface area contributed by atoms with E-state index in [4.69, 9.17) is 10.00 Å². The first-order valence-corrected chi connectivity index (χ1v) is 8.65. The molecule has 2 heterocycles. The number of thiophene rings is 1. The molecule has 7 nitrogen and oxygen atoms in total. The first-order valence-electron chi connectivity index (χ1n) is 7.77. The lowest BCUT2D eigenvalue weighted by Crippen LogP contribution is -2.38. The molecule has 0 unspecified atom stereocenters. The Morgan fingerprint density at radius 2 is 2.25 bits per heavy atom. The number of nitrogens with zero attached hydrogens (tertiary/aromatic N) is 2. The van der Waals surface area contributed by atoms with Crippen molar-refractivity contribution in [3.8, 4) is 6.07 Å². The van der Waals surface area contributed by atoms with Gasteiger partial charge in [0.25, 0.3) is 5.91 Å². The van der Waals surface area contributed by atoms with E-state index < -0.39 is 18.0 Å². The number of amides is 2. The molecule has 1 saturated heterocycles. The van der Waals surface area contributed by atoms with Crippen molar-refractivity contribution < 1.29 is 19.1 Å². The van der Waals surface area contributed by atoms with Gasteiger partial charge in [0.1, 0.15) is 17.6 Å². The van der Waals surface area contributed by atoms with E-state index in [2.05, 4.69) is 5.32 Å². The van der Waals surface area contributed by atoms with Gasteiger partial charge in [0.2, 0.25) is 5.91 Å². The molecule has 0 saturated carbocycles. The topological polar surface area (TPSA) is 99.5 Å². The summed E-state index contributed by atoms with van der Waals surface area (Å²) in [5.41, 5.74) is 0.363. The van der Waals surface area contributed by atoms with Gasteiger partial charge >= 0.3 is 5.97 Å². The van der Waals surface area contributed by atoms with Gasteiger partial charge in [0.05, 0.1) is 5.56 Å². The highest BCUT2D eigenvalue weighted by Gasteiger charge is 2.23. The summed E-state index contributed by atoms with van der Waals surface area (Å²) in [5, 5.41) is 13.6. The fourth-order valence-electron chi connectivity index (χ4n) is 2.36. The van der Waals surface area contributed by atoms with Crippen LogP contribution in [0.2, 0.25) is 0 Å². The third-order valence-electron chi connectivity index (χ3n) is 3.69. The zero-order chi connectivity index (χ0) is 17.5. The van der Waals surface area contributed by atoms with Crippen LogP contribution in [-0.4, -0.2) is 41.9 Å². The summed E-state index contributed by atoms with van der Waals surface area (Å²) in [7, 11) is 0. The van der Waals surface area contributed by atoms with Gasteiger partial charge in [-0.3, -0.25) is 14.4 Å². The highest BCUT2D eigenvalue weighted by atomic mass is 32.1. The van der Waals surface area contributed by atoms with Gasteiger partial charge in [-0.2, -0.15) is 5.26 Å². The number of rotatable bonds is 5. The SMILES string of the molecule is C[C@H](OC(=O)CN1CCCCCC1=O)C(=O)Nc1sccc1C#N. The lowest BCUT2D eigenvalue weighted by molar-refractivity contribution is -0.156. The van der Waals surface area contributed by atoms with Gasteiger partial charge < -0.3 is 15.0 Å². The minimum atomic E-state index is -1.01. The Morgan fingerprint density at radius 3 is 3.00 bits per heavy atom. The number of likely N-dealkylation sites (tertiary alicyclic amines) is 1. The summed E-state index contributed by atoms with van der Waals surface area (Å²) in [6, 6.07) is 3.57. The van der Waals surface area contributed by atoms with E-state index in [1.165, 1.54) is 23.2 Å². The largest absolute Gasteiger partial charge is 0.451 e. The normalized spacial score (nSPS) is 16.0. The number of esters is 1. The van der Waals surface area contributed by atoms with Crippen LogP contribution in [0.4, 0.5) is 5.00 Å². The molecule has 0 radical (unpaired) electrons. The molecule has 1 N–H and O–H groups in total. The average molecular weight is 349 g/mol. The molecule has 1 atom stereocenters. The molecule has 128 valence electrons. The van der Waals surface area contributed by atoms with Crippen molar-refractivity contribution in [2.75, 3.05) is 18.4 Å². The average Bonchev–Trinajstić information content (AvgIpc) is 2.90. The van der Waals surface area contributed by atoms with Crippen molar-refractivity contribution >= 4 is 34.1 Å². The summed E-state index contributed by atoms with van der Waals surface area (Å²) in [6.07, 6.45) is 2.11. The number of hydrogen-bond donors (Lipinski definition) is 1. The molecule has 1 aliphatic heterocycles. The van der Waals surface area contributed by atoms with E-state index in [0.29, 0.717) is 23.5 Å². The highest BCUT2D eigenvalue weighted by Crippen LogP contribution is 2.22. The fourth-order valence-corrected chi connectivity index (χ4v) is 3.10. The Kier molecular flexibility index (Phi) is 6.32. The lowest BCUT2D eigenvalue weighted by Gasteiger charge is -2.20. The molecular formula is C16H19N3O4S. The predicted molar refractivity (Wildman–Crippen MR) is 88.3 cm³/mol.